The highest BCUT2D eigenvalue weighted by Gasteiger charge is 2.29. The van der Waals surface area contributed by atoms with Crippen LogP contribution in [0.2, 0.25) is 0 Å². The lowest BCUT2D eigenvalue weighted by atomic mass is 10.1. The first-order chi connectivity index (χ1) is 13.9. The summed E-state index contributed by atoms with van der Waals surface area (Å²) in [6.07, 6.45) is 3.86. The highest BCUT2D eigenvalue weighted by Crippen LogP contribution is 2.26. The molecule has 1 aliphatic carbocycles. The highest BCUT2D eigenvalue weighted by molar-refractivity contribution is 7.89. The van der Waals surface area contributed by atoms with Crippen LogP contribution in [0.4, 0.5) is 0 Å². The molecule has 1 aromatic rings. The summed E-state index contributed by atoms with van der Waals surface area (Å²) in [7, 11) is -2.16. The average molecular weight is 424 g/mol. The van der Waals surface area contributed by atoms with Gasteiger partial charge in [-0.3, -0.25) is 14.5 Å². The third-order valence-corrected chi connectivity index (χ3v) is 7.41. The number of rotatable bonds is 8. The molecule has 1 heterocycles. The van der Waals surface area contributed by atoms with Crippen LogP contribution in [-0.4, -0.2) is 75.9 Å². The lowest BCUT2D eigenvalue weighted by molar-refractivity contribution is -0.140. The van der Waals surface area contributed by atoms with Gasteiger partial charge in [-0.25, -0.2) is 8.42 Å². The number of nitrogens with one attached hydrogen (secondary N) is 1. The van der Waals surface area contributed by atoms with Crippen molar-refractivity contribution < 1.29 is 22.7 Å². The minimum absolute atomic E-state index is 0.121. The molecule has 3 rings (SSSR count). The van der Waals surface area contributed by atoms with Gasteiger partial charge in [0.2, 0.25) is 15.9 Å². The third kappa shape index (κ3) is 5.55. The molecule has 0 aromatic heterocycles. The smallest absolute Gasteiger partial charge is 0.305 e. The van der Waals surface area contributed by atoms with Crippen molar-refractivity contribution in [1.82, 2.24) is 14.5 Å². The molecule has 9 heteroatoms. The predicted molar refractivity (Wildman–Crippen MR) is 108 cm³/mol. The molecular weight excluding hydrogens is 394 g/mol. The Hall–Kier alpha value is -1.97. The van der Waals surface area contributed by atoms with Gasteiger partial charge in [-0.05, 0) is 48.9 Å². The van der Waals surface area contributed by atoms with Crippen LogP contribution in [0, 0.1) is 0 Å². The molecular formula is C20H29N3O5S. The number of fused-ring (bicyclic) bond motifs is 1. The molecule has 1 amide bonds. The van der Waals surface area contributed by atoms with Crippen LogP contribution in [0.1, 0.15) is 30.4 Å². The SMILES string of the molecule is COC(=O)CCCNC(=O)CN1CCN(S(=O)(=O)c2ccc3c(c2)CCC3)CC1. The van der Waals surface area contributed by atoms with Crippen LogP contribution in [0.15, 0.2) is 23.1 Å². The van der Waals surface area contributed by atoms with Crippen molar-refractivity contribution >= 4 is 21.9 Å². The molecule has 0 atom stereocenters. The van der Waals surface area contributed by atoms with Crippen molar-refractivity contribution in [2.24, 2.45) is 0 Å². The Morgan fingerprint density at radius 1 is 1.10 bits per heavy atom. The van der Waals surface area contributed by atoms with E-state index in [2.05, 4.69) is 10.1 Å². The van der Waals surface area contributed by atoms with Gasteiger partial charge in [0.1, 0.15) is 0 Å². The number of methoxy groups -OCH3 is 1. The van der Waals surface area contributed by atoms with E-state index in [1.165, 1.54) is 17.0 Å². The molecule has 1 saturated heterocycles. The van der Waals surface area contributed by atoms with E-state index in [4.69, 9.17) is 0 Å². The Morgan fingerprint density at radius 3 is 2.55 bits per heavy atom. The van der Waals surface area contributed by atoms with Crippen molar-refractivity contribution in [3.63, 3.8) is 0 Å². The van der Waals surface area contributed by atoms with Crippen molar-refractivity contribution in [3.8, 4) is 0 Å². The maximum absolute atomic E-state index is 13.0. The Balaban J connectivity index is 1.45. The molecule has 160 valence electrons. The zero-order chi connectivity index (χ0) is 20.9. The molecule has 1 N–H and O–H groups in total. The zero-order valence-electron chi connectivity index (χ0n) is 16.9. The Morgan fingerprint density at radius 2 is 1.83 bits per heavy atom. The topological polar surface area (TPSA) is 96.0 Å². The maximum Gasteiger partial charge on any atom is 0.305 e. The van der Waals surface area contributed by atoms with E-state index in [9.17, 15) is 18.0 Å². The summed E-state index contributed by atoms with van der Waals surface area (Å²) in [6.45, 7) is 2.41. The van der Waals surface area contributed by atoms with Gasteiger partial charge < -0.3 is 10.1 Å². The van der Waals surface area contributed by atoms with Gasteiger partial charge in [-0.15, -0.1) is 0 Å². The largest absolute Gasteiger partial charge is 0.469 e. The van der Waals surface area contributed by atoms with E-state index in [1.54, 1.807) is 6.07 Å². The van der Waals surface area contributed by atoms with Crippen molar-refractivity contribution in [3.05, 3.63) is 29.3 Å². The molecule has 2 aliphatic rings. The van der Waals surface area contributed by atoms with E-state index >= 15 is 0 Å². The van der Waals surface area contributed by atoms with Crippen LogP contribution in [0.25, 0.3) is 0 Å². The second kappa shape index (κ2) is 9.69. The van der Waals surface area contributed by atoms with Gasteiger partial charge in [0.15, 0.2) is 0 Å². The molecule has 29 heavy (non-hydrogen) atoms. The first kappa shape index (κ1) is 21.7. The highest BCUT2D eigenvalue weighted by atomic mass is 32.2. The van der Waals surface area contributed by atoms with Gasteiger partial charge in [0, 0.05) is 39.1 Å². The van der Waals surface area contributed by atoms with E-state index in [0.29, 0.717) is 44.0 Å². The Bertz CT molecular complexity index is 848. The summed E-state index contributed by atoms with van der Waals surface area (Å²) in [5, 5.41) is 2.78. The zero-order valence-corrected chi connectivity index (χ0v) is 17.7. The van der Waals surface area contributed by atoms with Gasteiger partial charge >= 0.3 is 5.97 Å². The molecule has 1 aromatic carbocycles. The summed E-state index contributed by atoms with van der Waals surface area (Å²) in [6, 6.07) is 5.48. The normalized spacial score (nSPS) is 17.7. The molecule has 0 saturated carbocycles. The summed E-state index contributed by atoms with van der Waals surface area (Å²) in [4.78, 5) is 25.4. The standard InChI is InChI=1S/C20H29N3O5S/c1-28-20(25)6-3-9-21-19(24)15-22-10-12-23(13-11-22)29(26,27)18-8-7-16-4-2-5-17(16)14-18/h7-8,14H,2-6,9-13,15H2,1H3,(H,21,24). The number of nitrogens with zero attached hydrogens (tertiary/aromatic N) is 2. The number of carbonyl (C=O) groups excluding carboxylic acids is 2. The fourth-order valence-electron chi connectivity index (χ4n) is 3.81. The number of ether oxygens (including phenoxy) is 1. The number of piperazine rings is 1. The van der Waals surface area contributed by atoms with E-state index < -0.39 is 10.0 Å². The van der Waals surface area contributed by atoms with Gasteiger partial charge in [-0.2, -0.15) is 4.31 Å². The number of hydrogen-bond acceptors (Lipinski definition) is 6. The van der Waals surface area contributed by atoms with Crippen LogP contribution in [0.3, 0.4) is 0 Å². The maximum atomic E-state index is 13.0. The summed E-state index contributed by atoms with van der Waals surface area (Å²) in [5.74, 6) is -0.412. The lowest BCUT2D eigenvalue weighted by Crippen LogP contribution is -2.51. The fraction of sp³-hybridized carbons (Fsp3) is 0.600. The lowest BCUT2D eigenvalue weighted by Gasteiger charge is -2.33. The molecule has 1 aliphatic heterocycles. The van der Waals surface area contributed by atoms with Crippen molar-refractivity contribution in [2.75, 3.05) is 46.4 Å². The van der Waals surface area contributed by atoms with Gasteiger partial charge in [0.25, 0.3) is 0 Å². The van der Waals surface area contributed by atoms with Gasteiger partial charge in [-0.1, -0.05) is 6.07 Å². The van der Waals surface area contributed by atoms with Crippen LogP contribution in [-0.2, 0) is 37.2 Å². The first-order valence-corrected chi connectivity index (χ1v) is 11.5. The third-order valence-electron chi connectivity index (χ3n) is 5.51. The monoisotopic (exact) mass is 423 g/mol. The number of carbonyl (C=O) groups is 2. The Labute approximate surface area is 172 Å². The minimum Gasteiger partial charge on any atom is -0.469 e. The number of esters is 1. The summed E-state index contributed by atoms with van der Waals surface area (Å²) < 4.78 is 32.0. The number of hydrogen-bond donors (Lipinski definition) is 1. The first-order valence-electron chi connectivity index (χ1n) is 10.1. The predicted octanol–water partition coefficient (Wildman–Crippen LogP) is 0.551. The molecule has 0 spiro atoms. The number of amides is 1. The van der Waals surface area contributed by atoms with Crippen molar-refractivity contribution in [1.29, 1.82) is 0 Å². The van der Waals surface area contributed by atoms with Crippen LogP contribution >= 0.6 is 0 Å². The van der Waals surface area contributed by atoms with Crippen LogP contribution < -0.4 is 5.32 Å². The van der Waals surface area contributed by atoms with E-state index in [1.807, 2.05) is 17.0 Å². The second-order valence-electron chi connectivity index (χ2n) is 7.49. The summed E-state index contributed by atoms with van der Waals surface area (Å²) in [5.41, 5.74) is 2.40. The summed E-state index contributed by atoms with van der Waals surface area (Å²) >= 11 is 0. The second-order valence-corrected chi connectivity index (χ2v) is 9.43. The fourth-order valence-corrected chi connectivity index (χ4v) is 5.28. The number of sulfonamides is 1. The molecule has 1 fully saturated rings. The van der Waals surface area contributed by atoms with E-state index in [-0.39, 0.29) is 24.8 Å². The molecule has 0 bridgehead atoms. The Kier molecular flexibility index (Phi) is 7.26. The quantitative estimate of drug-likeness (QED) is 0.485. The average Bonchev–Trinajstić information content (AvgIpc) is 3.19. The number of benzene rings is 1. The van der Waals surface area contributed by atoms with E-state index in [0.717, 1.165) is 24.8 Å². The number of aryl methyl sites for hydroxylation is 2. The molecule has 0 radical (unpaired) electrons. The van der Waals surface area contributed by atoms with Crippen LogP contribution in [0.5, 0.6) is 0 Å². The van der Waals surface area contributed by atoms with Crippen molar-refractivity contribution in [2.45, 2.75) is 37.0 Å². The minimum atomic E-state index is -3.50. The molecule has 8 nitrogen and oxygen atoms in total. The molecule has 0 unspecified atom stereocenters. The van der Waals surface area contributed by atoms with Gasteiger partial charge in [0.05, 0.1) is 18.6 Å².